The summed E-state index contributed by atoms with van der Waals surface area (Å²) in [5, 5.41) is 14.1. The zero-order valence-electron chi connectivity index (χ0n) is 9.67. The van der Waals surface area contributed by atoms with E-state index in [4.69, 9.17) is 10.8 Å². The van der Waals surface area contributed by atoms with E-state index in [9.17, 15) is 0 Å². The minimum atomic E-state index is 0.0612. The lowest BCUT2D eigenvalue weighted by Crippen LogP contribution is -2.02. The number of H-pyrrole nitrogens is 1. The molecule has 3 aromatic rings. The molecule has 0 atom stereocenters. The largest absolute Gasteiger partial charge is 0.398 e. The van der Waals surface area contributed by atoms with Crippen molar-refractivity contribution < 1.29 is 5.11 Å². The van der Waals surface area contributed by atoms with Crippen LogP contribution in [0, 0.1) is 0 Å². The summed E-state index contributed by atoms with van der Waals surface area (Å²) in [7, 11) is 0. The third-order valence-corrected chi connectivity index (χ3v) is 2.87. The van der Waals surface area contributed by atoms with Gasteiger partial charge in [-0.05, 0) is 12.1 Å². The lowest BCUT2D eigenvalue weighted by molar-refractivity contribution is 0.269. The van der Waals surface area contributed by atoms with Gasteiger partial charge in [0.25, 0.3) is 0 Å². The standard InChI is InChI=1S/C12H13N5O/c13-11-8-1-3-14-12(8)15-7-9(11)10-2-4-17(16-10)5-6-18/h1-4,7,18H,5-6H2,(H3,13,14,15). The van der Waals surface area contributed by atoms with E-state index in [0.29, 0.717) is 12.2 Å². The molecule has 0 radical (unpaired) electrons. The molecule has 0 saturated carbocycles. The maximum absolute atomic E-state index is 8.87. The minimum Gasteiger partial charge on any atom is -0.398 e. The number of nitrogen functional groups attached to an aromatic ring is 1. The third-order valence-electron chi connectivity index (χ3n) is 2.87. The number of nitrogens with zero attached hydrogens (tertiary/aromatic N) is 3. The fraction of sp³-hybridized carbons (Fsp3) is 0.167. The number of rotatable bonds is 3. The predicted octanol–water partition coefficient (Wildman–Crippen LogP) is 1.00. The summed E-state index contributed by atoms with van der Waals surface area (Å²) in [6.07, 6.45) is 5.33. The smallest absolute Gasteiger partial charge is 0.139 e. The molecule has 0 amide bonds. The van der Waals surface area contributed by atoms with Crippen LogP contribution in [0.4, 0.5) is 5.69 Å². The van der Waals surface area contributed by atoms with Crippen LogP contribution in [0.2, 0.25) is 0 Å². The summed E-state index contributed by atoms with van der Waals surface area (Å²) in [5.74, 6) is 0. The first-order valence-corrected chi connectivity index (χ1v) is 5.66. The van der Waals surface area contributed by atoms with E-state index in [-0.39, 0.29) is 6.61 Å². The first-order valence-electron chi connectivity index (χ1n) is 5.66. The van der Waals surface area contributed by atoms with E-state index in [2.05, 4.69) is 15.1 Å². The summed E-state index contributed by atoms with van der Waals surface area (Å²) in [6.45, 7) is 0.533. The highest BCUT2D eigenvalue weighted by atomic mass is 16.3. The van der Waals surface area contributed by atoms with Crippen LogP contribution in [-0.2, 0) is 6.54 Å². The number of pyridine rings is 1. The molecule has 92 valence electrons. The third kappa shape index (κ3) is 1.63. The van der Waals surface area contributed by atoms with Gasteiger partial charge in [-0.25, -0.2) is 4.98 Å². The molecule has 0 aliphatic heterocycles. The van der Waals surface area contributed by atoms with E-state index in [0.717, 1.165) is 22.3 Å². The minimum absolute atomic E-state index is 0.0612. The summed E-state index contributed by atoms with van der Waals surface area (Å²) in [4.78, 5) is 7.31. The Labute approximate surface area is 103 Å². The monoisotopic (exact) mass is 243 g/mol. The van der Waals surface area contributed by atoms with Crippen LogP contribution >= 0.6 is 0 Å². The molecule has 6 heteroatoms. The van der Waals surface area contributed by atoms with E-state index >= 15 is 0 Å². The van der Waals surface area contributed by atoms with Gasteiger partial charge in [-0.15, -0.1) is 0 Å². The van der Waals surface area contributed by atoms with E-state index in [1.165, 1.54) is 0 Å². The fourth-order valence-corrected chi connectivity index (χ4v) is 1.96. The molecule has 6 nitrogen and oxygen atoms in total. The molecular formula is C12H13N5O. The molecule has 0 unspecified atom stereocenters. The molecule has 4 N–H and O–H groups in total. The Morgan fingerprint density at radius 2 is 2.28 bits per heavy atom. The van der Waals surface area contributed by atoms with Crippen LogP contribution in [0.3, 0.4) is 0 Å². The highest BCUT2D eigenvalue weighted by Crippen LogP contribution is 2.29. The van der Waals surface area contributed by atoms with Crippen molar-refractivity contribution >= 4 is 16.7 Å². The van der Waals surface area contributed by atoms with Crippen molar-refractivity contribution in [3.8, 4) is 11.3 Å². The van der Waals surface area contributed by atoms with Crippen LogP contribution in [0.1, 0.15) is 0 Å². The lowest BCUT2D eigenvalue weighted by Gasteiger charge is -2.03. The molecule has 0 bridgehead atoms. The molecule has 0 fully saturated rings. The molecule has 0 saturated heterocycles. The second-order valence-electron chi connectivity index (χ2n) is 4.01. The van der Waals surface area contributed by atoms with Crippen LogP contribution in [-0.4, -0.2) is 31.5 Å². The van der Waals surface area contributed by atoms with Crippen molar-refractivity contribution in [2.75, 3.05) is 12.3 Å². The van der Waals surface area contributed by atoms with Crippen molar-refractivity contribution in [1.82, 2.24) is 19.7 Å². The Bertz CT molecular complexity index is 685. The zero-order chi connectivity index (χ0) is 12.5. The molecule has 3 aromatic heterocycles. The lowest BCUT2D eigenvalue weighted by atomic mass is 10.1. The fourth-order valence-electron chi connectivity index (χ4n) is 1.96. The van der Waals surface area contributed by atoms with E-state index in [1.54, 1.807) is 10.9 Å². The van der Waals surface area contributed by atoms with Crippen molar-refractivity contribution in [2.24, 2.45) is 0 Å². The van der Waals surface area contributed by atoms with Crippen molar-refractivity contribution in [2.45, 2.75) is 6.54 Å². The molecule has 0 spiro atoms. The molecule has 18 heavy (non-hydrogen) atoms. The van der Waals surface area contributed by atoms with Gasteiger partial charge in [0, 0.05) is 29.5 Å². The maximum atomic E-state index is 8.87. The first kappa shape index (κ1) is 10.8. The van der Waals surface area contributed by atoms with Gasteiger partial charge in [0.2, 0.25) is 0 Å². The number of fused-ring (bicyclic) bond motifs is 1. The normalized spacial score (nSPS) is 11.2. The maximum Gasteiger partial charge on any atom is 0.139 e. The van der Waals surface area contributed by atoms with Crippen molar-refractivity contribution in [1.29, 1.82) is 0 Å². The van der Waals surface area contributed by atoms with Gasteiger partial charge < -0.3 is 15.8 Å². The van der Waals surface area contributed by atoms with Crippen LogP contribution in [0.25, 0.3) is 22.3 Å². The number of hydrogen-bond donors (Lipinski definition) is 3. The van der Waals surface area contributed by atoms with Gasteiger partial charge >= 0.3 is 0 Å². The number of nitrogens with two attached hydrogens (primary N) is 1. The van der Waals surface area contributed by atoms with Crippen molar-refractivity contribution in [3.63, 3.8) is 0 Å². The molecule has 0 aliphatic carbocycles. The van der Waals surface area contributed by atoms with E-state index in [1.807, 2.05) is 24.5 Å². The average molecular weight is 243 g/mol. The molecule has 0 aromatic carbocycles. The molecule has 0 aliphatic rings. The SMILES string of the molecule is Nc1c(-c2ccn(CCO)n2)cnc2[nH]ccc12. The quantitative estimate of drug-likeness (QED) is 0.639. The molecule has 3 heterocycles. The highest BCUT2D eigenvalue weighted by molar-refractivity contribution is 5.96. The first-order chi connectivity index (χ1) is 8.79. The Balaban J connectivity index is 2.09. The van der Waals surface area contributed by atoms with Crippen LogP contribution in [0.5, 0.6) is 0 Å². The molecular weight excluding hydrogens is 230 g/mol. The summed E-state index contributed by atoms with van der Waals surface area (Å²) >= 11 is 0. The number of aromatic nitrogens is 4. The zero-order valence-corrected chi connectivity index (χ0v) is 9.67. The number of aliphatic hydroxyl groups excluding tert-OH is 1. The van der Waals surface area contributed by atoms with Gasteiger partial charge in [0.1, 0.15) is 5.65 Å². The second-order valence-corrected chi connectivity index (χ2v) is 4.01. The van der Waals surface area contributed by atoms with Gasteiger partial charge in [-0.2, -0.15) is 5.10 Å². The molecule has 3 rings (SSSR count). The summed E-state index contributed by atoms with van der Waals surface area (Å²) in [5.41, 5.74) is 9.12. The Hall–Kier alpha value is -2.34. The van der Waals surface area contributed by atoms with Gasteiger partial charge in [0.05, 0.1) is 24.5 Å². The number of anilines is 1. The van der Waals surface area contributed by atoms with E-state index < -0.39 is 0 Å². The Morgan fingerprint density at radius 1 is 1.39 bits per heavy atom. The Kier molecular flexibility index (Phi) is 2.49. The summed E-state index contributed by atoms with van der Waals surface area (Å²) in [6, 6.07) is 3.76. The topological polar surface area (TPSA) is 92.8 Å². The predicted molar refractivity (Wildman–Crippen MR) is 68.8 cm³/mol. The number of hydrogen-bond acceptors (Lipinski definition) is 4. The van der Waals surface area contributed by atoms with Gasteiger partial charge in [-0.1, -0.05) is 0 Å². The highest BCUT2D eigenvalue weighted by Gasteiger charge is 2.10. The summed E-state index contributed by atoms with van der Waals surface area (Å²) < 4.78 is 1.68. The van der Waals surface area contributed by atoms with Crippen LogP contribution in [0.15, 0.2) is 30.7 Å². The van der Waals surface area contributed by atoms with Crippen LogP contribution < -0.4 is 5.73 Å². The van der Waals surface area contributed by atoms with Crippen molar-refractivity contribution in [3.05, 3.63) is 30.7 Å². The van der Waals surface area contributed by atoms with Gasteiger partial charge in [0.15, 0.2) is 0 Å². The second kappa shape index (κ2) is 4.15. The average Bonchev–Trinajstić information content (AvgIpc) is 2.99. The number of aliphatic hydroxyl groups is 1. The van der Waals surface area contributed by atoms with Gasteiger partial charge in [-0.3, -0.25) is 4.68 Å². The Morgan fingerprint density at radius 3 is 3.11 bits per heavy atom. The number of nitrogens with one attached hydrogen (secondary N) is 1. The number of aromatic amines is 1.